The quantitative estimate of drug-likeness (QED) is 0.0320. The van der Waals surface area contributed by atoms with Gasteiger partial charge >= 0.3 is 5.97 Å². The van der Waals surface area contributed by atoms with E-state index in [0.29, 0.717) is 25.9 Å². The van der Waals surface area contributed by atoms with Gasteiger partial charge in [0.05, 0.1) is 25.4 Å². The molecule has 0 radical (unpaired) electrons. The van der Waals surface area contributed by atoms with Gasteiger partial charge in [0, 0.05) is 12.8 Å². The first-order chi connectivity index (χ1) is 35.0. The average Bonchev–Trinajstić information content (AvgIpc) is 3.37. The van der Waals surface area contributed by atoms with Crippen molar-refractivity contribution in [3.05, 3.63) is 12.2 Å². The van der Waals surface area contributed by atoms with Crippen molar-refractivity contribution < 1.29 is 24.5 Å². The maximum Gasteiger partial charge on any atom is 0.305 e. The Balaban J connectivity index is 3.42. The molecule has 0 spiro atoms. The Morgan fingerprint density at radius 3 is 1.00 bits per heavy atom. The van der Waals surface area contributed by atoms with E-state index in [0.717, 1.165) is 51.4 Å². The Labute approximate surface area is 444 Å². The van der Waals surface area contributed by atoms with Gasteiger partial charge in [-0.05, 0) is 51.4 Å². The van der Waals surface area contributed by atoms with Crippen molar-refractivity contribution in [3.8, 4) is 0 Å². The lowest BCUT2D eigenvalue weighted by atomic mass is 10.0. The molecule has 0 rings (SSSR count). The van der Waals surface area contributed by atoms with Crippen LogP contribution in [0.25, 0.3) is 0 Å². The van der Waals surface area contributed by atoms with E-state index in [9.17, 15) is 19.8 Å². The van der Waals surface area contributed by atoms with Crippen LogP contribution in [0, 0.1) is 0 Å². The summed E-state index contributed by atoms with van der Waals surface area (Å²) in [6, 6.07) is -0.549. The number of aliphatic hydroxyl groups excluding tert-OH is 2. The summed E-state index contributed by atoms with van der Waals surface area (Å²) >= 11 is 0. The maximum absolute atomic E-state index is 12.5. The SMILES string of the molecule is CCCCCCCCC/C=C\CCCCCCCC(=O)OCCCCCCCCCCCCCCCCCC(=O)NC(CO)C(O)CCCCCCCCCCCCCCCCCCCCCCCCC. The third kappa shape index (κ3) is 57.7. The lowest BCUT2D eigenvalue weighted by molar-refractivity contribution is -0.143. The summed E-state index contributed by atoms with van der Waals surface area (Å²) in [5, 5.41) is 23.4. The van der Waals surface area contributed by atoms with Crippen LogP contribution in [0.5, 0.6) is 0 Å². The fourth-order valence-corrected chi connectivity index (χ4v) is 10.3. The lowest BCUT2D eigenvalue weighted by Gasteiger charge is -2.22. The Kier molecular flexibility index (Phi) is 59.9. The monoisotopic (exact) mass is 1000 g/mol. The van der Waals surface area contributed by atoms with Gasteiger partial charge in [0.25, 0.3) is 0 Å². The van der Waals surface area contributed by atoms with E-state index in [4.69, 9.17) is 4.74 Å². The Bertz CT molecular complexity index is 1060. The molecule has 1 amide bonds. The smallest absolute Gasteiger partial charge is 0.305 e. The van der Waals surface area contributed by atoms with Crippen LogP contribution in [0.2, 0.25) is 0 Å². The van der Waals surface area contributed by atoms with E-state index in [1.165, 1.54) is 283 Å². The Hall–Kier alpha value is -1.40. The van der Waals surface area contributed by atoms with Crippen molar-refractivity contribution in [1.82, 2.24) is 5.32 Å². The number of ether oxygens (including phenoxy) is 1. The largest absolute Gasteiger partial charge is 0.466 e. The van der Waals surface area contributed by atoms with Gasteiger partial charge in [-0.3, -0.25) is 9.59 Å². The second-order valence-corrected chi connectivity index (χ2v) is 22.5. The number of aliphatic hydroxyl groups is 2. The van der Waals surface area contributed by atoms with Crippen LogP contribution in [0.1, 0.15) is 367 Å². The highest BCUT2D eigenvalue weighted by molar-refractivity contribution is 5.76. The molecular formula is C65H127NO5. The summed E-state index contributed by atoms with van der Waals surface area (Å²) < 4.78 is 5.48. The number of carbonyl (C=O) groups is 2. The highest BCUT2D eigenvalue weighted by Gasteiger charge is 2.20. The zero-order chi connectivity index (χ0) is 51.4. The van der Waals surface area contributed by atoms with E-state index >= 15 is 0 Å². The van der Waals surface area contributed by atoms with Gasteiger partial charge in [0.15, 0.2) is 0 Å². The van der Waals surface area contributed by atoms with Gasteiger partial charge in [0.1, 0.15) is 0 Å². The molecule has 2 atom stereocenters. The van der Waals surface area contributed by atoms with Crippen molar-refractivity contribution >= 4 is 11.9 Å². The number of allylic oxidation sites excluding steroid dienone is 2. The number of rotatable bonds is 61. The molecule has 0 saturated heterocycles. The van der Waals surface area contributed by atoms with Crippen LogP contribution < -0.4 is 5.32 Å². The minimum atomic E-state index is -0.671. The molecule has 0 aromatic heterocycles. The Morgan fingerprint density at radius 1 is 0.380 bits per heavy atom. The van der Waals surface area contributed by atoms with Gasteiger partial charge in [0.2, 0.25) is 5.91 Å². The van der Waals surface area contributed by atoms with Gasteiger partial charge in [-0.2, -0.15) is 0 Å². The third-order valence-corrected chi connectivity index (χ3v) is 15.3. The summed E-state index contributed by atoms with van der Waals surface area (Å²) in [7, 11) is 0. The summed E-state index contributed by atoms with van der Waals surface area (Å²) in [5.41, 5.74) is 0. The first kappa shape index (κ1) is 69.6. The molecule has 0 aliphatic rings. The van der Waals surface area contributed by atoms with E-state index in [1.807, 2.05) is 0 Å². The lowest BCUT2D eigenvalue weighted by Crippen LogP contribution is -2.45. The second kappa shape index (κ2) is 61.1. The molecule has 6 nitrogen and oxygen atoms in total. The molecule has 0 aromatic carbocycles. The molecule has 0 saturated carbocycles. The number of nitrogens with one attached hydrogen (secondary N) is 1. The van der Waals surface area contributed by atoms with Crippen molar-refractivity contribution in [2.75, 3.05) is 13.2 Å². The zero-order valence-electron chi connectivity index (χ0n) is 48.2. The molecular weight excluding hydrogens is 875 g/mol. The highest BCUT2D eigenvalue weighted by atomic mass is 16.5. The van der Waals surface area contributed by atoms with Crippen LogP contribution in [-0.2, 0) is 14.3 Å². The van der Waals surface area contributed by atoms with Crippen LogP contribution >= 0.6 is 0 Å². The molecule has 3 N–H and O–H groups in total. The van der Waals surface area contributed by atoms with Crippen molar-refractivity contribution in [3.63, 3.8) is 0 Å². The summed E-state index contributed by atoms with van der Waals surface area (Å²) in [6.07, 6.45) is 73.6. The molecule has 0 aromatic rings. The molecule has 6 heteroatoms. The maximum atomic E-state index is 12.5. The number of carbonyl (C=O) groups excluding carboxylic acids is 2. The zero-order valence-corrected chi connectivity index (χ0v) is 48.2. The van der Waals surface area contributed by atoms with Gasteiger partial charge in [-0.15, -0.1) is 0 Å². The van der Waals surface area contributed by atoms with Crippen LogP contribution in [-0.4, -0.2) is 47.4 Å². The Morgan fingerprint density at radius 2 is 0.662 bits per heavy atom. The second-order valence-electron chi connectivity index (χ2n) is 22.5. The molecule has 422 valence electrons. The first-order valence-electron chi connectivity index (χ1n) is 32.4. The van der Waals surface area contributed by atoms with Gasteiger partial charge in [-0.1, -0.05) is 315 Å². The normalized spacial score (nSPS) is 12.6. The van der Waals surface area contributed by atoms with Crippen molar-refractivity contribution in [2.45, 2.75) is 379 Å². The van der Waals surface area contributed by atoms with E-state index in [2.05, 4.69) is 31.3 Å². The molecule has 0 bridgehead atoms. The number of esters is 1. The first-order valence-corrected chi connectivity index (χ1v) is 32.4. The summed E-state index contributed by atoms with van der Waals surface area (Å²) in [4.78, 5) is 24.6. The minimum Gasteiger partial charge on any atom is -0.466 e. The molecule has 0 aliphatic heterocycles. The third-order valence-electron chi connectivity index (χ3n) is 15.3. The molecule has 0 heterocycles. The topological polar surface area (TPSA) is 95.9 Å². The van der Waals surface area contributed by atoms with E-state index in [1.54, 1.807) is 0 Å². The standard InChI is InChI=1S/C65H127NO5/c1-3-5-7-9-11-13-15-17-19-21-22-23-24-25-26-27-29-33-37-41-45-49-53-57-63(68)62(61-67)66-64(69)58-54-50-46-42-38-34-30-28-32-36-40-44-48-52-56-60-71-65(70)59-55-51-47-43-39-35-31-20-18-16-14-12-10-8-6-4-2/h20,31,62-63,67-68H,3-19,21-30,32-61H2,1-2H3,(H,66,69)/b31-20-. The molecule has 71 heavy (non-hydrogen) atoms. The van der Waals surface area contributed by atoms with Crippen molar-refractivity contribution in [2.24, 2.45) is 0 Å². The summed E-state index contributed by atoms with van der Waals surface area (Å²) in [6.45, 7) is 4.96. The fourth-order valence-electron chi connectivity index (χ4n) is 10.3. The predicted molar refractivity (Wildman–Crippen MR) is 310 cm³/mol. The average molecular weight is 1000 g/mol. The van der Waals surface area contributed by atoms with Crippen LogP contribution in [0.15, 0.2) is 12.2 Å². The van der Waals surface area contributed by atoms with Crippen molar-refractivity contribution in [1.29, 1.82) is 0 Å². The van der Waals surface area contributed by atoms with Crippen LogP contribution in [0.4, 0.5) is 0 Å². The predicted octanol–water partition coefficient (Wildman–Crippen LogP) is 20.4. The summed E-state index contributed by atoms with van der Waals surface area (Å²) in [5.74, 6) is -0.0445. The number of unbranched alkanes of at least 4 members (excludes halogenated alkanes) is 48. The number of amides is 1. The number of hydrogen-bond donors (Lipinski definition) is 3. The van der Waals surface area contributed by atoms with E-state index < -0.39 is 12.1 Å². The minimum absolute atomic E-state index is 0.00529. The molecule has 0 aliphatic carbocycles. The highest BCUT2D eigenvalue weighted by Crippen LogP contribution is 2.18. The molecule has 2 unspecified atom stereocenters. The molecule has 0 fully saturated rings. The van der Waals surface area contributed by atoms with Crippen LogP contribution in [0.3, 0.4) is 0 Å². The fraction of sp³-hybridized carbons (Fsp3) is 0.938. The van der Waals surface area contributed by atoms with E-state index in [-0.39, 0.29) is 18.5 Å². The number of hydrogen-bond acceptors (Lipinski definition) is 5. The van der Waals surface area contributed by atoms with Gasteiger partial charge < -0.3 is 20.3 Å². The van der Waals surface area contributed by atoms with Gasteiger partial charge in [-0.25, -0.2) is 0 Å².